The first-order chi connectivity index (χ1) is 8.66. The van der Waals surface area contributed by atoms with Crippen molar-refractivity contribution in [2.75, 3.05) is 40.1 Å². The van der Waals surface area contributed by atoms with Gasteiger partial charge in [-0.3, -0.25) is 0 Å². The van der Waals surface area contributed by atoms with E-state index in [-0.39, 0.29) is 18.8 Å². The van der Waals surface area contributed by atoms with Gasteiger partial charge in [-0.15, -0.1) is 0 Å². The molecule has 18 heavy (non-hydrogen) atoms. The van der Waals surface area contributed by atoms with E-state index in [9.17, 15) is 5.11 Å². The van der Waals surface area contributed by atoms with E-state index in [1.54, 1.807) is 7.11 Å². The lowest BCUT2D eigenvalue weighted by atomic mass is 9.83. The summed E-state index contributed by atoms with van der Waals surface area (Å²) in [6.45, 7) is 2.13. The number of methoxy groups -OCH3 is 1. The van der Waals surface area contributed by atoms with E-state index in [2.05, 4.69) is 0 Å². The van der Waals surface area contributed by atoms with Crippen LogP contribution in [0.1, 0.15) is 32.1 Å². The Morgan fingerprint density at radius 3 is 2.44 bits per heavy atom. The predicted molar refractivity (Wildman–Crippen MR) is 69.5 cm³/mol. The molecule has 108 valence electrons. The van der Waals surface area contributed by atoms with Crippen LogP contribution in [0, 0.1) is 0 Å². The Morgan fingerprint density at radius 2 is 1.78 bits per heavy atom. The minimum absolute atomic E-state index is 0.186. The summed E-state index contributed by atoms with van der Waals surface area (Å²) in [4.78, 5) is 0. The first-order valence-electron chi connectivity index (χ1n) is 6.78. The third kappa shape index (κ3) is 6.66. The number of ether oxygens (including phenoxy) is 3. The van der Waals surface area contributed by atoms with Crippen molar-refractivity contribution in [1.29, 1.82) is 0 Å². The fourth-order valence-corrected chi connectivity index (χ4v) is 2.21. The summed E-state index contributed by atoms with van der Waals surface area (Å²) in [5, 5.41) is 9.63. The van der Waals surface area contributed by atoms with Gasteiger partial charge in [0.15, 0.2) is 0 Å². The molecule has 0 aromatic carbocycles. The van der Waals surface area contributed by atoms with E-state index < -0.39 is 6.10 Å². The van der Waals surface area contributed by atoms with Crippen LogP contribution in [0.5, 0.6) is 0 Å². The number of nitrogens with two attached hydrogens (primary N) is 1. The second kappa shape index (κ2) is 8.82. The minimum atomic E-state index is -0.589. The molecule has 0 aromatic heterocycles. The Kier molecular flexibility index (Phi) is 7.77. The van der Waals surface area contributed by atoms with Gasteiger partial charge in [0.25, 0.3) is 0 Å². The molecule has 0 amide bonds. The molecule has 0 aliphatic heterocycles. The Labute approximate surface area is 110 Å². The lowest BCUT2D eigenvalue weighted by Gasteiger charge is -2.33. The number of rotatable bonds is 9. The van der Waals surface area contributed by atoms with Crippen molar-refractivity contribution in [2.45, 2.75) is 43.7 Å². The minimum Gasteiger partial charge on any atom is -0.388 e. The number of aliphatic hydroxyl groups is 1. The summed E-state index contributed by atoms with van der Waals surface area (Å²) in [6, 6.07) is 0. The van der Waals surface area contributed by atoms with E-state index in [1.165, 1.54) is 19.3 Å². The topological polar surface area (TPSA) is 73.9 Å². The fraction of sp³-hybridized carbons (Fsp3) is 1.00. The number of hydrogen-bond acceptors (Lipinski definition) is 5. The Balaban J connectivity index is 2.02. The Hall–Kier alpha value is -0.200. The van der Waals surface area contributed by atoms with Crippen molar-refractivity contribution in [1.82, 2.24) is 0 Å². The van der Waals surface area contributed by atoms with Gasteiger partial charge in [0.05, 0.1) is 33.0 Å². The van der Waals surface area contributed by atoms with Crippen LogP contribution in [0.25, 0.3) is 0 Å². The third-order valence-corrected chi connectivity index (χ3v) is 3.29. The maximum Gasteiger partial charge on any atom is 0.101 e. The zero-order chi connectivity index (χ0) is 13.3. The van der Waals surface area contributed by atoms with Gasteiger partial charge >= 0.3 is 0 Å². The van der Waals surface area contributed by atoms with Gasteiger partial charge in [0.1, 0.15) is 6.10 Å². The number of aliphatic hydroxyl groups excluding tert-OH is 1. The van der Waals surface area contributed by atoms with E-state index in [4.69, 9.17) is 19.9 Å². The fourth-order valence-electron chi connectivity index (χ4n) is 2.21. The lowest BCUT2D eigenvalue weighted by Crippen LogP contribution is -2.46. The molecular weight excluding hydrogens is 234 g/mol. The molecule has 1 fully saturated rings. The van der Waals surface area contributed by atoms with Crippen LogP contribution in [0.2, 0.25) is 0 Å². The largest absolute Gasteiger partial charge is 0.388 e. The lowest BCUT2D eigenvalue weighted by molar-refractivity contribution is -0.0393. The molecule has 1 aliphatic carbocycles. The zero-order valence-electron chi connectivity index (χ0n) is 11.4. The molecule has 1 unspecified atom stereocenters. The van der Waals surface area contributed by atoms with Crippen molar-refractivity contribution in [2.24, 2.45) is 5.73 Å². The molecular formula is C13H27NO4. The normalized spacial score (nSPS) is 20.8. The van der Waals surface area contributed by atoms with Crippen LogP contribution in [-0.4, -0.2) is 56.9 Å². The monoisotopic (exact) mass is 261 g/mol. The molecule has 0 bridgehead atoms. The maximum atomic E-state index is 9.63. The Bertz CT molecular complexity index is 207. The molecule has 0 spiro atoms. The van der Waals surface area contributed by atoms with Crippen LogP contribution in [-0.2, 0) is 14.2 Å². The second-order valence-corrected chi connectivity index (χ2v) is 5.16. The van der Waals surface area contributed by atoms with Gasteiger partial charge < -0.3 is 25.1 Å². The van der Waals surface area contributed by atoms with Crippen molar-refractivity contribution < 1.29 is 19.3 Å². The quantitative estimate of drug-likeness (QED) is 0.597. The van der Waals surface area contributed by atoms with Crippen LogP contribution in [0.15, 0.2) is 0 Å². The molecule has 5 nitrogen and oxygen atoms in total. The molecule has 5 heteroatoms. The van der Waals surface area contributed by atoms with Crippen LogP contribution < -0.4 is 5.73 Å². The highest BCUT2D eigenvalue weighted by Gasteiger charge is 2.27. The molecule has 0 saturated heterocycles. The van der Waals surface area contributed by atoms with Crippen molar-refractivity contribution in [3.05, 3.63) is 0 Å². The zero-order valence-corrected chi connectivity index (χ0v) is 11.4. The summed E-state index contributed by atoms with van der Waals surface area (Å²) in [5.41, 5.74) is 6.04. The van der Waals surface area contributed by atoms with Gasteiger partial charge in [0, 0.05) is 12.6 Å². The van der Waals surface area contributed by atoms with E-state index >= 15 is 0 Å². The molecule has 1 aliphatic rings. The third-order valence-electron chi connectivity index (χ3n) is 3.29. The van der Waals surface area contributed by atoms with Gasteiger partial charge in [-0.25, -0.2) is 0 Å². The molecule has 0 heterocycles. The van der Waals surface area contributed by atoms with Crippen LogP contribution in [0.4, 0.5) is 0 Å². The van der Waals surface area contributed by atoms with Gasteiger partial charge in [-0.2, -0.15) is 0 Å². The standard InChI is InChI=1S/C13H27NO4/c1-16-7-8-17-9-12(15)10-18-11-13(14)5-3-2-4-6-13/h12,15H,2-11,14H2,1H3. The predicted octanol–water partition coefficient (Wildman–Crippen LogP) is 0.689. The van der Waals surface area contributed by atoms with Gasteiger partial charge in [-0.05, 0) is 12.8 Å². The highest BCUT2D eigenvalue weighted by atomic mass is 16.5. The molecule has 3 N–H and O–H groups in total. The summed E-state index contributed by atoms with van der Waals surface area (Å²) in [5.74, 6) is 0. The average Bonchev–Trinajstić information content (AvgIpc) is 2.35. The highest BCUT2D eigenvalue weighted by Crippen LogP contribution is 2.25. The van der Waals surface area contributed by atoms with Crippen molar-refractivity contribution in [3.63, 3.8) is 0 Å². The molecule has 1 rings (SSSR count). The van der Waals surface area contributed by atoms with E-state index in [1.807, 2.05) is 0 Å². The number of hydrogen-bond donors (Lipinski definition) is 2. The molecule has 0 radical (unpaired) electrons. The smallest absolute Gasteiger partial charge is 0.101 e. The second-order valence-electron chi connectivity index (χ2n) is 5.16. The highest BCUT2D eigenvalue weighted by molar-refractivity contribution is 4.87. The first-order valence-corrected chi connectivity index (χ1v) is 6.78. The first kappa shape index (κ1) is 15.9. The van der Waals surface area contributed by atoms with Gasteiger partial charge in [-0.1, -0.05) is 19.3 Å². The van der Waals surface area contributed by atoms with Crippen LogP contribution >= 0.6 is 0 Å². The van der Waals surface area contributed by atoms with Crippen LogP contribution in [0.3, 0.4) is 0 Å². The van der Waals surface area contributed by atoms with Gasteiger partial charge in [0.2, 0.25) is 0 Å². The van der Waals surface area contributed by atoms with Crippen molar-refractivity contribution >= 4 is 0 Å². The Morgan fingerprint density at radius 1 is 1.11 bits per heavy atom. The molecule has 1 saturated carbocycles. The SMILES string of the molecule is COCCOCC(O)COCC1(N)CCCCC1. The maximum absolute atomic E-state index is 9.63. The summed E-state index contributed by atoms with van der Waals surface area (Å²) < 4.78 is 15.6. The van der Waals surface area contributed by atoms with E-state index in [0.29, 0.717) is 19.8 Å². The summed E-state index contributed by atoms with van der Waals surface area (Å²) >= 11 is 0. The van der Waals surface area contributed by atoms with E-state index in [0.717, 1.165) is 12.8 Å². The average molecular weight is 261 g/mol. The summed E-state index contributed by atoms with van der Waals surface area (Å²) in [7, 11) is 1.62. The molecule has 0 aromatic rings. The van der Waals surface area contributed by atoms with Crippen molar-refractivity contribution in [3.8, 4) is 0 Å². The molecule has 1 atom stereocenters. The summed E-state index contributed by atoms with van der Waals surface area (Å²) in [6.07, 6.45) is 5.09.